The summed E-state index contributed by atoms with van der Waals surface area (Å²) in [7, 11) is 3.24. The second kappa shape index (κ2) is 7.74. The van der Waals surface area contributed by atoms with E-state index in [1.54, 1.807) is 18.9 Å². The third kappa shape index (κ3) is 4.03. The van der Waals surface area contributed by atoms with Gasteiger partial charge in [-0.15, -0.1) is 5.10 Å². The molecule has 26 heavy (non-hydrogen) atoms. The van der Waals surface area contributed by atoms with Crippen LogP contribution in [-0.2, 0) is 11.2 Å². The summed E-state index contributed by atoms with van der Waals surface area (Å²) in [6.07, 6.45) is 0.276. The Morgan fingerprint density at radius 1 is 1.00 bits per heavy atom. The molecule has 0 bridgehead atoms. The standard InChI is InChI=1S/C20H21N3O3/c1-14-12-19(22-23(14)16-6-10-18(26-3)11-7-16)21-20(24)13-15-4-8-17(25-2)9-5-15/h4-12H,13H2,1-3H3,(H,21,22,24). The molecule has 1 aromatic heterocycles. The molecule has 1 amide bonds. The number of hydrogen-bond acceptors (Lipinski definition) is 4. The fourth-order valence-corrected chi connectivity index (χ4v) is 2.64. The molecule has 3 rings (SSSR count). The van der Waals surface area contributed by atoms with E-state index in [0.717, 1.165) is 28.4 Å². The maximum Gasteiger partial charge on any atom is 0.229 e. The van der Waals surface area contributed by atoms with Crippen molar-refractivity contribution < 1.29 is 14.3 Å². The highest BCUT2D eigenvalue weighted by atomic mass is 16.5. The van der Waals surface area contributed by atoms with Crippen LogP contribution in [-0.4, -0.2) is 29.9 Å². The van der Waals surface area contributed by atoms with Gasteiger partial charge in [0.2, 0.25) is 5.91 Å². The number of amides is 1. The van der Waals surface area contributed by atoms with Crippen molar-refractivity contribution in [3.63, 3.8) is 0 Å². The number of carbonyl (C=O) groups is 1. The van der Waals surface area contributed by atoms with Crippen LogP contribution in [0.1, 0.15) is 11.3 Å². The lowest BCUT2D eigenvalue weighted by atomic mass is 10.1. The van der Waals surface area contributed by atoms with Crippen LogP contribution in [0.15, 0.2) is 54.6 Å². The van der Waals surface area contributed by atoms with Crippen molar-refractivity contribution in [3.8, 4) is 17.2 Å². The molecule has 1 N–H and O–H groups in total. The molecule has 2 aromatic carbocycles. The average Bonchev–Trinajstić information content (AvgIpc) is 3.02. The van der Waals surface area contributed by atoms with Crippen LogP contribution in [0.2, 0.25) is 0 Å². The highest BCUT2D eigenvalue weighted by Crippen LogP contribution is 2.19. The molecular formula is C20H21N3O3. The zero-order chi connectivity index (χ0) is 18.5. The number of aromatic nitrogens is 2. The van der Waals surface area contributed by atoms with Gasteiger partial charge in [0.1, 0.15) is 11.5 Å². The van der Waals surface area contributed by atoms with Crippen molar-refractivity contribution in [3.05, 3.63) is 65.9 Å². The van der Waals surface area contributed by atoms with E-state index in [9.17, 15) is 4.79 Å². The number of anilines is 1. The van der Waals surface area contributed by atoms with Gasteiger partial charge >= 0.3 is 0 Å². The van der Waals surface area contributed by atoms with Gasteiger partial charge in [0.15, 0.2) is 5.82 Å². The smallest absolute Gasteiger partial charge is 0.229 e. The fraction of sp³-hybridized carbons (Fsp3) is 0.200. The number of hydrogen-bond donors (Lipinski definition) is 1. The number of nitrogens with zero attached hydrogens (tertiary/aromatic N) is 2. The van der Waals surface area contributed by atoms with Gasteiger partial charge in [-0.1, -0.05) is 12.1 Å². The Kier molecular flexibility index (Phi) is 5.22. The minimum absolute atomic E-state index is 0.116. The first kappa shape index (κ1) is 17.5. The van der Waals surface area contributed by atoms with E-state index in [4.69, 9.17) is 9.47 Å². The quantitative estimate of drug-likeness (QED) is 0.739. The topological polar surface area (TPSA) is 65.4 Å². The normalized spacial score (nSPS) is 10.4. The van der Waals surface area contributed by atoms with Gasteiger partial charge in [0.25, 0.3) is 0 Å². The van der Waals surface area contributed by atoms with Crippen molar-refractivity contribution in [2.45, 2.75) is 13.3 Å². The Balaban J connectivity index is 1.68. The van der Waals surface area contributed by atoms with Crippen molar-refractivity contribution >= 4 is 11.7 Å². The van der Waals surface area contributed by atoms with Crippen molar-refractivity contribution in [2.24, 2.45) is 0 Å². The van der Waals surface area contributed by atoms with Crippen LogP contribution in [0.25, 0.3) is 5.69 Å². The predicted octanol–water partition coefficient (Wildman–Crippen LogP) is 3.38. The van der Waals surface area contributed by atoms with E-state index in [2.05, 4.69) is 10.4 Å². The van der Waals surface area contributed by atoms with Gasteiger partial charge in [0, 0.05) is 11.8 Å². The van der Waals surface area contributed by atoms with Crippen LogP contribution < -0.4 is 14.8 Å². The minimum Gasteiger partial charge on any atom is -0.497 e. The number of methoxy groups -OCH3 is 2. The zero-order valence-electron chi connectivity index (χ0n) is 15.0. The number of nitrogens with one attached hydrogen (secondary N) is 1. The number of rotatable bonds is 6. The first-order chi connectivity index (χ1) is 12.6. The van der Waals surface area contributed by atoms with Gasteiger partial charge in [0.05, 0.1) is 26.3 Å². The summed E-state index contributed by atoms with van der Waals surface area (Å²) in [5, 5.41) is 7.31. The fourth-order valence-electron chi connectivity index (χ4n) is 2.64. The average molecular weight is 351 g/mol. The van der Waals surface area contributed by atoms with Gasteiger partial charge in [-0.3, -0.25) is 4.79 Å². The lowest BCUT2D eigenvalue weighted by molar-refractivity contribution is -0.115. The number of aryl methyl sites for hydroxylation is 1. The molecule has 0 aliphatic carbocycles. The maximum absolute atomic E-state index is 12.3. The van der Waals surface area contributed by atoms with Crippen LogP contribution in [0.3, 0.4) is 0 Å². The largest absolute Gasteiger partial charge is 0.497 e. The molecule has 0 fully saturated rings. The monoisotopic (exact) mass is 351 g/mol. The van der Waals surface area contributed by atoms with E-state index in [1.165, 1.54) is 0 Å². The Labute approximate surface area is 152 Å². The summed E-state index contributed by atoms with van der Waals surface area (Å²) >= 11 is 0. The van der Waals surface area contributed by atoms with Gasteiger partial charge in [-0.25, -0.2) is 4.68 Å². The summed E-state index contributed by atoms with van der Waals surface area (Å²) in [5.41, 5.74) is 2.74. The molecule has 0 saturated carbocycles. The Hall–Kier alpha value is -3.28. The minimum atomic E-state index is -0.116. The molecular weight excluding hydrogens is 330 g/mol. The summed E-state index contributed by atoms with van der Waals surface area (Å²) < 4.78 is 12.1. The molecule has 0 unspecified atom stereocenters. The zero-order valence-corrected chi connectivity index (χ0v) is 15.0. The third-order valence-corrected chi connectivity index (χ3v) is 4.00. The molecule has 0 radical (unpaired) electrons. The molecule has 0 atom stereocenters. The van der Waals surface area contributed by atoms with Gasteiger partial charge in [-0.05, 0) is 48.9 Å². The summed E-state index contributed by atoms with van der Waals surface area (Å²) in [4.78, 5) is 12.3. The lowest BCUT2D eigenvalue weighted by Gasteiger charge is -2.06. The number of ether oxygens (including phenoxy) is 2. The summed E-state index contributed by atoms with van der Waals surface area (Å²) in [5.74, 6) is 1.96. The first-order valence-corrected chi connectivity index (χ1v) is 8.23. The molecule has 1 heterocycles. The maximum atomic E-state index is 12.3. The third-order valence-electron chi connectivity index (χ3n) is 4.00. The van der Waals surface area contributed by atoms with Crippen molar-refractivity contribution in [2.75, 3.05) is 19.5 Å². The van der Waals surface area contributed by atoms with E-state index in [0.29, 0.717) is 5.82 Å². The lowest BCUT2D eigenvalue weighted by Crippen LogP contribution is -2.15. The molecule has 0 aliphatic rings. The van der Waals surface area contributed by atoms with E-state index < -0.39 is 0 Å². The Bertz CT molecular complexity index is 884. The van der Waals surface area contributed by atoms with Crippen LogP contribution in [0.5, 0.6) is 11.5 Å². The molecule has 0 aliphatic heterocycles. The number of carbonyl (C=O) groups excluding carboxylic acids is 1. The summed E-state index contributed by atoms with van der Waals surface area (Å²) in [6.45, 7) is 1.94. The van der Waals surface area contributed by atoms with Crippen molar-refractivity contribution in [1.82, 2.24) is 9.78 Å². The van der Waals surface area contributed by atoms with E-state index in [1.807, 2.05) is 61.5 Å². The Morgan fingerprint density at radius 2 is 1.58 bits per heavy atom. The molecule has 0 saturated heterocycles. The van der Waals surface area contributed by atoms with Crippen LogP contribution >= 0.6 is 0 Å². The number of benzene rings is 2. The SMILES string of the molecule is COc1ccc(CC(=O)Nc2cc(C)n(-c3ccc(OC)cc3)n2)cc1. The summed E-state index contributed by atoms with van der Waals surface area (Å²) in [6, 6.07) is 16.9. The van der Waals surface area contributed by atoms with E-state index >= 15 is 0 Å². The predicted molar refractivity (Wildman–Crippen MR) is 100 cm³/mol. The first-order valence-electron chi connectivity index (χ1n) is 8.23. The van der Waals surface area contributed by atoms with Crippen LogP contribution in [0.4, 0.5) is 5.82 Å². The molecule has 0 spiro atoms. The van der Waals surface area contributed by atoms with Gasteiger partial charge < -0.3 is 14.8 Å². The second-order valence-corrected chi connectivity index (χ2v) is 5.85. The van der Waals surface area contributed by atoms with Crippen LogP contribution in [0, 0.1) is 6.92 Å². The van der Waals surface area contributed by atoms with E-state index in [-0.39, 0.29) is 12.3 Å². The molecule has 3 aromatic rings. The highest BCUT2D eigenvalue weighted by molar-refractivity contribution is 5.91. The molecule has 134 valence electrons. The molecule has 6 nitrogen and oxygen atoms in total. The highest BCUT2D eigenvalue weighted by Gasteiger charge is 2.10. The Morgan fingerprint density at radius 3 is 2.15 bits per heavy atom. The molecule has 6 heteroatoms. The van der Waals surface area contributed by atoms with Gasteiger partial charge in [-0.2, -0.15) is 0 Å². The van der Waals surface area contributed by atoms with Crippen molar-refractivity contribution in [1.29, 1.82) is 0 Å². The second-order valence-electron chi connectivity index (χ2n) is 5.85.